The summed E-state index contributed by atoms with van der Waals surface area (Å²) in [5.74, 6) is -1.14. The van der Waals surface area contributed by atoms with Crippen molar-refractivity contribution in [2.45, 2.75) is 37.8 Å². The molecule has 1 aliphatic carbocycles. The summed E-state index contributed by atoms with van der Waals surface area (Å²) in [6, 6.07) is -0.901. The Kier molecular flexibility index (Phi) is 6.45. The largest absolute Gasteiger partial charge is 0.480 e. The lowest BCUT2D eigenvalue weighted by atomic mass is 10.2. The van der Waals surface area contributed by atoms with Crippen LogP contribution in [0.4, 0.5) is 4.79 Å². The highest BCUT2D eigenvalue weighted by atomic mass is 16.4. The fraction of sp³-hybridized carbons (Fsp3) is 0.818. The van der Waals surface area contributed by atoms with Crippen molar-refractivity contribution in [1.29, 1.82) is 0 Å². The maximum Gasteiger partial charge on any atom is 0.326 e. The van der Waals surface area contributed by atoms with Crippen molar-refractivity contribution >= 4 is 12.0 Å². The predicted octanol–water partition coefficient (Wildman–Crippen LogP) is -0.737. The van der Waals surface area contributed by atoms with Gasteiger partial charge < -0.3 is 26.2 Å². The van der Waals surface area contributed by atoms with Crippen molar-refractivity contribution in [3.63, 3.8) is 0 Å². The average Bonchev–Trinajstić information content (AvgIpc) is 3.12. The number of aliphatic hydroxyl groups excluding tert-OH is 1. The first-order valence-corrected chi connectivity index (χ1v) is 6.25. The van der Waals surface area contributed by atoms with Gasteiger partial charge in [0.1, 0.15) is 6.04 Å². The number of carbonyl (C=O) groups excluding carboxylic acids is 1. The number of amides is 2. The molecule has 0 bridgehead atoms. The molecule has 1 fully saturated rings. The Morgan fingerprint density at radius 2 is 2.00 bits per heavy atom. The van der Waals surface area contributed by atoms with E-state index in [1.807, 2.05) is 0 Å². The molecule has 7 nitrogen and oxygen atoms in total. The summed E-state index contributed by atoms with van der Waals surface area (Å²) in [5.41, 5.74) is 0. The smallest absolute Gasteiger partial charge is 0.326 e. The van der Waals surface area contributed by atoms with Crippen LogP contribution in [0, 0.1) is 0 Å². The quantitative estimate of drug-likeness (QED) is 0.350. The van der Waals surface area contributed by atoms with Crippen LogP contribution in [0.25, 0.3) is 0 Å². The van der Waals surface area contributed by atoms with Crippen LogP contribution < -0.4 is 16.0 Å². The molecule has 0 aromatic heterocycles. The van der Waals surface area contributed by atoms with E-state index in [4.69, 9.17) is 10.2 Å². The van der Waals surface area contributed by atoms with Gasteiger partial charge in [0.15, 0.2) is 0 Å². The van der Waals surface area contributed by atoms with Gasteiger partial charge in [-0.15, -0.1) is 0 Å². The molecule has 2 amide bonds. The zero-order valence-electron chi connectivity index (χ0n) is 10.3. The summed E-state index contributed by atoms with van der Waals surface area (Å²) >= 11 is 0. The first-order valence-electron chi connectivity index (χ1n) is 6.25. The standard InChI is InChI=1S/C11H21N3O4/c15-7-4-9(10(16)17)14-11(18)13-6-1-5-12-8-2-3-8/h8-9,12,15H,1-7H2,(H,16,17)(H2,13,14,18)/t9-/m0/s1. The van der Waals surface area contributed by atoms with Crippen LogP contribution in [0.3, 0.4) is 0 Å². The van der Waals surface area contributed by atoms with Gasteiger partial charge in [-0.05, 0) is 25.8 Å². The third-order valence-corrected chi connectivity index (χ3v) is 2.67. The number of aliphatic hydroxyl groups is 1. The molecule has 1 aliphatic rings. The lowest BCUT2D eigenvalue weighted by molar-refractivity contribution is -0.139. The van der Waals surface area contributed by atoms with Gasteiger partial charge in [-0.3, -0.25) is 0 Å². The lowest BCUT2D eigenvalue weighted by Gasteiger charge is -2.14. The number of hydrogen-bond acceptors (Lipinski definition) is 4. The number of carboxylic acid groups (broad SMARTS) is 1. The predicted molar refractivity (Wildman–Crippen MR) is 65.3 cm³/mol. The Morgan fingerprint density at radius 3 is 2.56 bits per heavy atom. The van der Waals surface area contributed by atoms with Crippen molar-refractivity contribution < 1.29 is 19.8 Å². The minimum absolute atomic E-state index is 0.00594. The molecule has 0 aliphatic heterocycles. The molecule has 1 rings (SSSR count). The lowest BCUT2D eigenvalue weighted by Crippen LogP contribution is -2.46. The molecule has 1 saturated carbocycles. The van der Waals surface area contributed by atoms with Crippen LogP contribution in [0.1, 0.15) is 25.7 Å². The third-order valence-electron chi connectivity index (χ3n) is 2.67. The summed E-state index contributed by atoms with van der Waals surface area (Å²) in [4.78, 5) is 22.1. The number of aliphatic carboxylic acids is 1. The van der Waals surface area contributed by atoms with Crippen LogP contribution in [-0.4, -0.2) is 54.0 Å². The molecular weight excluding hydrogens is 238 g/mol. The normalized spacial score (nSPS) is 16.1. The molecule has 0 aromatic rings. The SMILES string of the molecule is O=C(NCCCNC1CC1)N[C@@H](CCO)C(=O)O. The van der Waals surface area contributed by atoms with Gasteiger partial charge in [0.05, 0.1) is 0 Å². The average molecular weight is 259 g/mol. The minimum atomic E-state index is -1.14. The van der Waals surface area contributed by atoms with Crippen LogP contribution in [0.15, 0.2) is 0 Å². The maximum atomic E-state index is 11.4. The first-order chi connectivity index (χ1) is 8.63. The topological polar surface area (TPSA) is 111 Å². The third kappa shape index (κ3) is 6.41. The number of nitrogens with one attached hydrogen (secondary N) is 3. The highest BCUT2D eigenvalue weighted by Gasteiger charge is 2.20. The Morgan fingerprint density at radius 1 is 1.28 bits per heavy atom. The van der Waals surface area contributed by atoms with Gasteiger partial charge >= 0.3 is 12.0 Å². The number of carbonyl (C=O) groups is 2. The van der Waals surface area contributed by atoms with Gasteiger partial charge in [0.25, 0.3) is 0 Å². The van der Waals surface area contributed by atoms with E-state index in [-0.39, 0.29) is 13.0 Å². The van der Waals surface area contributed by atoms with E-state index in [0.717, 1.165) is 13.0 Å². The van der Waals surface area contributed by atoms with Crippen molar-refractivity contribution in [3.8, 4) is 0 Å². The van der Waals surface area contributed by atoms with Gasteiger partial charge in [0, 0.05) is 25.6 Å². The van der Waals surface area contributed by atoms with Gasteiger partial charge in [-0.1, -0.05) is 0 Å². The fourth-order valence-electron chi connectivity index (χ4n) is 1.48. The Labute approximate surface area is 106 Å². The Hall–Kier alpha value is -1.34. The molecule has 104 valence electrons. The van der Waals surface area contributed by atoms with E-state index < -0.39 is 18.0 Å². The van der Waals surface area contributed by atoms with E-state index >= 15 is 0 Å². The van der Waals surface area contributed by atoms with Crippen LogP contribution >= 0.6 is 0 Å². The Balaban J connectivity index is 2.04. The molecule has 0 aromatic carbocycles. The van der Waals surface area contributed by atoms with E-state index in [2.05, 4.69) is 16.0 Å². The van der Waals surface area contributed by atoms with Gasteiger partial charge in [0.2, 0.25) is 0 Å². The summed E-state index contributed by atoms with van der Waals surface area (Å²) in [6.45, 7) is 1.07. The van der Waals surface area contributed by atoms with Gasteiger partial charge in [-0.25, -0.2) is 9.59 Å². The van der Waals surface area contributed by atoms with Crippen molar-refractivity contribution in [2.24, 2.45) is 0 Å². The number of hydrogen-bond donors (Lipinski definition) is 5. The van der Waals surface area contributed by atoms with E-state index in [1.165, 1.54) is 12.8 Å². The number of rotatable bonds is 9. The van der Waals surface area contributed by atoms with Gasteiger partial charge in [-0.2, -0.15) is 0 Å². The van der Waals surface area contributed by atoms with E-state index in [1.54, 1.807) is 0 Å². The summed E-state index contributed by atoms with van der Waals surface area (Å²) < 4.78 is 0. The molecule has 0 radical (unpaired) electrons. The molecule has 0 unspecified atom stereocenters. The number of urea groups is 1. The first kappa shape index (κ1) is 14.7. The summed E-state index contributed by atoms with van der Waals surface area (Å²) in [5, 5.41) is 25.6. The molecule has 0 heterocycles. The molecule has 18 heavy (non-hydrogen) atoms. The monoisotopic (exact) mass is 259 g/mol. The van der Waals surface area contributed by atoms with Crippen LogP contribution in [-0.2, 0) is 4.79 Å². The highest BCUT2D eigenvalue weighted by Crippen LogP contribution is 2.18. The minimum Gasteiger partial charge on any atom is -0.480 e. The fourth-order valence-corrected chi connectivity index (χ4v) is 1.48. The second-order valence-corrected chi connectivity index (χ2v) is 4.39. The van der Waals surface area contributed by atoms with E-state index in [9.17, 15) is 9.59 Å². The van der Waals surface area contributed by atoms with Crippen molar-refractivity contribution in [2.75, 3.05) is 19.7 Å². The summed E-state index contributed by atoms with van der Waals surface area (Å²) in [6.07, 6.45) is 3.28. The zero-order valence-corrected chi connectivity index (χ0v) is 10.3. The zero-order chi connectivity index (χ0) is 13.4. The van der Waals surface area contributed by atoms with Crippen LogP contribution in [0.2, 0.25) is 0 Å². The van der Waals surface area contributed by atoms with Crippen LogP contribution in [0.5, 0.6) is 0 Å². The molecule has 1 atom stereocenters. The highest BCUT2D eigenvalue weighted by molar-refractivity contribution is 5.82. The Bertz CT molecular complexity index is 281. The second-order valence-electron chi connectivity index (χ2n) is 4.39. The molecule has 0 spiro atoms. The second kappa shape index (κ2) is 7.88. The number of carboxylic acids is 1. The van der Waals surface area contributed by atoms with E-state index in [0.29, 0.717) is 12.6 Å². The summed E-state index contributed by atoms with van der Waals surface area (Å²) in [7, 11) is 0. The molecule has 0 saturated heterocycles. The molecule has 7 heteroatoms. The maximum absolute atomic E-state index is 11.4. The molecular formula is C11H21N3O4. The van der Waals surface area contributed by atoms with Crippen molar-refractivity contribution in [1.82, 2.24) is 16.0 Å². The molecule has 5 N–H and O–H groups in total. The van der Waals surface area contributed by atoms with Crippen molar-refractivity contribution in [3.05, 3.63) is 0 Å².